The zero-order valence-electron chi connectivity index (χ0n) is 12.0. The highest BCUT2D eigenvalue weighted by Gasteiger charge is 2.24. The monoisotopic (exact) mass is 305 g/mol. The fourth-order valence-electron chi connectivity index (χ4n) is 3.17. The van der Waals surface area contributed by atoms with Gasteiger partial charge in [0.1, 0.15) is 5.69 Å². The summed E-state index contributed by atoms with van der Waals surface area (Å²) in [5, 5.41) is 18.7. The Hall–Kier alpha value is -1.39. The van der Waals surface area contributed by atoms with Crippen LogP contribution in [0.15, 0.2) is 24.3 Å². The second kappa shape index (κ2) is 6.58. The SMILES string of the molecule is OCc1nnn(Cc2ccc(Cl)cc2)c1C1CCCCC1. The van der Waals surface area contributed by atoms with E-state index in [-0.39, 0.29) is 6.61 Å². The van der Waals surface area contributed by atoms with Crippen molar-refractivity contribution in [2.75, 3.05) is 0 Å². The van der Waals surface area contributed by atoms with E-state index in [4.69, 9.17) is 11.6 Å². The average Bonchev–Trinajstić information content (AvgIpc) is 2.93. The molecule has 1 aromatic heterocycles. The summed E-state index contributed by atoms with van der Waals surface area (Å²) in [5.74, 6) is 0.475. The van der Waals surface area contributed by atoms with Crippen LogP contribution in [0.1, 0.15) is 55.0 Å². The van der Waals surface area contributed by atoms with Gasteiger partial charge in [0.2, 0.25) is 0 Å². The van der Waals surface area contributed by atoms with Gasteiger partial charge in [-0.05, 0) is 30.5 Å². The van der Waals surface area contributed by atoms with E-state index in [0.717, 1.165) is 22.0 Å². The van der Waals surface area contributed by atoms with E-state index >= 15 is 0 Å². The van der Waals surface area contributed by atoms with Crippen LogP contribution in [0.4, 0.5) is 0 Å². The molecule has 0 spiro atoms. The Bertz CT molecular complexity index is 588. The average molecular weight is 306 g/mol. The van der Waals surface area contributed by atoms with Crippen molar-refractivity contribution in [2.24, 2.45) is 0 Å². The van der Waals surface area contributed by atoms with Gasteiger partial charge in [0, 0.05) is 10.9 Å². The Morgan fingerprint density at radius 3 is 2.52 bits per heavy atom. The summed E-state index contributed by atoms with van der Waals surface area (Å²) in [6.45, 7) is 0.641. The molecule has 0 bridgehead atoms. The summed E-state index contributed by atoms with van der Waals surface area (Å²) >= 11 is 5.93. The van der Waals surface area contributed by atoms with Crippen LogP contribution in [0.2, 0.25) is 5.02 Å². The normalized spacial score (nSPS) is 16.3. The molecule has 1 aliphatic rings. The van der Waals surface area contributed by atoms with E-state index in [9.17, 15) is 5.11 Å². The maximum Gasteiger partial charge on any atom is 0.112 e. The molecule has 0 saturated heterocycles. The molecule has 5 heteroatoms. The Balaban J connectivity index is 1.87. The summed E-state index contributed by atoms with van der Waals surface area (Å²) in [4.78, 5) is 0. The van der Waals surface area contributed by atoms with Crippen LogP contribution >= 0.6 is 11.6 Å². The second-order valence-electron chi connectivity index (χ2n) is 5.70. The topological polar surface area (TPSA) is 50.9 Å². The predicted octanol–water partition coefficient (Wildman–Crippen LogP) is 3.52. The molecule has 0 atom stereocenters. The third kappa shape index (κ3) is 3.27. The smallest absolute Gasteiger partial charge is 0.112 e. The van der Waals surface area contributed by atoms with Crippen LogP contribution in [0.3, 0.4) is 0 Å². The third-order valence-electron chi connectivity index (χ3n) is 4.23. The van der Waals surface area contributed by atoms with Gasteiger partial charge in [-0.2, -0.15) is 0 Å². The van der Waals surface area contributed by atoms with Gasteiger partial charge in [-0.15, -0.1) is 5.10 Å². The fraction of sp³-hybridized carbons (Fsp3) is 0.500. The minimum absolute atomic E-state index is 0.0353. The van der Waals surface area contributed by atoms with Crippen molar-refractivity contribution in [3.8, 4) is 0 Å². The maximum atomic E-state index is 9.53. The van der Waals surface area contributed by atoms with Crippen LogP contribution < -0.4 is 0 Å². The van der Waals surface area contributed by atoms with Crippen molar-refractivity contribution >= 4 is 11.6 Å². The van der Waals surface area contributed by atoms with Crippen molar-refractivity contribution in [1.82, 2.24) is 15.0 Å². The van der Waals surface area contributed by atoms with Gasteiger partial charge in [0.15, 0.2) is 0 Å². The molecule has 0 aliphatic heterocycles. The third-order valence-corrected chi connectivity index (χ3v) is 4.49. The molecule has 1 N–H and O–H groups in total. The van der Waals surface area contributed by atoms with Crippen molar-refractivity contribution in [3.05, 3.63) is 46.2 Å². The number of benzene rings is 1. The molecular weight excluding hydrogens is 286 g/mol. The van der Waals surface area contributed by atoms with Gasteiger partial charge in [-0.1, -0.05) is 48.2 Å². The quantitative estimate of drug-likeness (QED) is 0.940. The molecule has 0 unspecified atom stereocenters. The van der Waals surface area contributed by atoms with Crippen LogP contribution in [-0.2, 0) is 13.2 Å². The standard InChI is InChI=1S/C16H20ClN3O/c17-14-8-6-12(7-9-14)10-20-16(15(11-21)18-19-20)13-4-2-1-3-5-13/h6-9,13,21H,1-5,10-11H2. The molecule has 1 aliphatic carbocycles. The number of halogens is 1. The highest BCUT2D eigenvalue weighted by Crippen LogP contribution is 2.34. The molecule has 1 saturated carbocycles. The summed E-state index contributed by atoms with van der Waals surface area (Å²) < 4.78 is 1.95. The van der Waals surface area contributed by atoms with E-state index in [1.54, 1.807) is 0 Å². The molecule has 0 radical (unpaired) electrons. The summed E-state index contributed by atoms with van der Waals surface area (Å²) in [6, 6.07) is 7.79. The molecule has 2 aromatic rings. The molecule has 112 valence electrons. The van der Waals surface area contributed by atoms with Crippen LogP contribution in [-0.4, -0.2) is 20.1 Å². The lowest BCUT2D eigenvalue weighted by atomic mass is 9.86. The zero-order valence-corrected chi connectivity index (χ0v) is 12.8. The summed E-state index contributed by atoms with van der Waals surface area (Å²) in [6.07, 6.45) is 6.15. The molecule has 3 rings (SSSR count). The summed E-state index contributed by atoms with van der Waals surface area (Å²) in [7, 11) is 0. The number of aromatic nitrogens is 3. The van der Waals surface area contributed by atoms with E-state index in [2.05, 4.69) is 10.3 Å². The van der Waals surface area contributed by atoms with Gasteiger partial charge >= 0.3 is 0 Å². The number of rotatable bonds is 4. The first-order chi connectivity index (χ1) is 10.3. The minimum Gasteiger partial charge on any atom is -0.390 e. The first kappa shape index (κ1) is 14.5. The number of hydrogen-bond acceptors (Lipinski definition) is 3. The highest BCUT2D eigenvalue weighted by atomic mass is 35.5. The molecule has 4 nitrogen and oxygen atoms in total. The lowest BCUT2D eigenvalue weighted by Crippen LogP contribution is -2.14. The number of nitrogens with zero attached hydrogens (tertiary/aromatic N) is 3. The van der Waals surface area contributed by atoms with E-state index in [1.807, 2.05) is 28.9 Å². The van der Waals surface area contributed by atoms with E-state index < -0.39 is 0 Å². The van der Waals surface area contributed by atoms with Crippen molar-refractivity contribution in [3.63, 3.8) is 0 Å². The largest absolute Gasteiger partial charge is 0.390 e. The lowest BCUT2D eigenvalue weighted by molar-refractivity contribution is 0.273. The zero-order chi connectivity index (χ0) is 14.7. The lowest BCUT2D eigenvalue weighted by Gasteiger charge is -2.23. The predicted molar refractivity (Wildman–Crippen MR) is 82.3 cm³/mol. The summed E-state index contributed by atoms with van der Waals surface area (Å²) in [5.41, 5.74) is 2.99. The van der Waals surface area contributed by atoms with Crippen LogP contribution in [0.5, 0.6) is 0 Å². The van der Waals surface area contributed by atoms with Gasteiger partial charge < -0.3 is 5.11 Å². The molecule has 1 fully saturated rings. The Kier molecular flexibility index (Phi) is 4.56. The number of hydrogen-bond donors (Lipinski definition) is 1. The van der Waals surface area contributed by atoms with E-state index in [0.29, 0.717) is 12.5 Å². The molecule has 21 heavy (non-hydrogen) atoms. The van der Waals surface area contributed by atoms with Gasteiger partial charge in [0.25, 0.3) is 0 Å². The van der Waals surface area contributed by atoms with Gasteiger partial charge in [0.05, 0.1) is 18.8 Å². The molecule has 1 heterocycles. The molecule has 0 amide bonds. The van der Waals surface area contributed by atoms with Crippen molar-refractivity contribution in [1.29, 1.82) is 0 Å². The molecule has 1 aromatic carbocycles. The van der Waals surface area contributed by atoms with Crippen molar-refractivity contribution < 1.29 is 5.11 Å². The van der Waals surface area contributed by atoms with Gasteiger partial charge in [-0.25, -0.2) is 4.68 Å². The maximum absolute atomic E-state index is 9.53. The van der Waals surface area contributed by atoms with Crippen LogP contribution in [0, 0.1) is 0 Å². The molecular formula is C16H20ClN3O. The van der Waals surface area contributed by atoms with Crippen molar-refractivity contribution in [2.45, 2.75) is 51.2 Å². The first-order valence-electron chi connectivity index (χ1n) is 7.55. The Labute approximate surface area is 129 Å². The van der Waals surface area contributed by atoms with Gasteiger partial charge in [-0.3, -0.25) is 0 Å². The van der Waals surface area contributed by atoms with Crippen LogP contribution in [0.25, 0.3) is 0 Å². The second-order valence-corrected chi connectivity index (χ2v) is 6.13. The highest BCUT2D eigenvalue weighted by molar-refractivity contribution is 6.30. The van der Waals surface area contributed by atoms with E-state index in [1.165, 1.54) is 32.1 Å². The Morgan fingerprint density at radius 1 is 1.14 bits per heavy atom. The fourth-order valence-corrected chi connectivity index (χ4v) is 3.30. The number of aliphatic hydroxyl groups excluding tert-OH is 1. The Morgan fingerprint density at radius 2 is 1.86 bits per heavy atom. The number of aliphatic hydroxyl groups is 1. The minimum atomic E-state index is -0.0353. The first-order valence-corrected chi connectivity index (χ1v) is 7.93.